The number of carbonyl (C=O) groups is 4. The Balaban J connectivity index is 1.65. The monoisotopic (exact) mass is 472 g/mol. The molecule has 4 saturated carbocycles. The lowest BCUT2D eigenvalue weighted by molar-refractivity contribution is -0.189. The van der Waals surface area contributed by atoms with Crippen molar-refractivity contribution < 1.29 is 33.8 Å². The van der Waals surface area contributed by atoms with Crippen molar-refractivity contribution in [2.45, 2.75) is 66.4 Å². The number of carbonyl (C=O) groups excluding carboxylic acids is 3. The highest BCUT2D eigenvalue weighted by molar-refractivity contribution is 5.90. The Morgan fingerprint density at radius 1 is 1.18 bits per heavy atom. The fourth-order valence-corrected chi connectivity index (χ4v) is 9.96. The summed E-state index contributed by atoms with van der Waals surface area (Å²) in [4.78, 5) is 50.2. The third-order valence-corrected chi connectivity index (χ3v) is 10.6. The molecule has 7 nitrogen and oxygen atoms in total. The van der Waals surface area contributed by atoms with Crippen molar-refractivity contribution in [3.63, 3.8) is 0 Å². The van der Waals surface area contributed by atoms with Gasteiger partial charge in [0.1, 0.15) is 17.8 Å². The second kappa shape index (κ2) is 7.41. The number of fused-ring (bicyclic) bond motifs is 4. The largest absolute Gasteiger partial charge is 0.481 e. The third-order valence-electron chi connectivity index (χ3n) is 10.6. The van der Waals surface area contributed by atoms with Crippen molar-refractivity contribution in [1.29, 1.82) is 0 Å². The smallest absolute Gasteiger partial charge is 0.315 e. The van der Waals surface area contributed by atoms with Crippen LogP contribution in [0.5, 0.6) is 0 Å². The highest BCUT2D eigenvalue weighted by atomic mass is 16.5. The third kappa shape index (κ3) is 2.54. The molecule has 0 heterocycles. The van der Waals surface area contributed by atoms with Gasteiger partial charge < -0.3 is 19.4 Å². The molecular formula is C27H36O7. The molecule has 0 aliphatic heterocycles. The normalized spacial score (nSPS) is 47.7. The molecular weight excluding hydrogens is 436 g/mol. The molecule has 5 aliphatic rings. The highest BCUT2D eigenvalue weighted by Crippen LogP contribution is 2.83. The van der Waals surface area contributed by atoms with Crippen molar-refractivity contribution in [2.75, 3.05) is 6.61 Å². The molecule has 1 N–H and O–H groups in total. The van der Waals surface area contributed by atoms with Crippen molar-refractivity contribution in [3.8, 4) is 0 Å². The van der Waals surface area contributed by atoms with Gasteiger partial charge in [0.2, 0.25) is 0 Å². The van der Waals surface area contributed by atoms with Gasteiger partial charge in [0.15, 0.2) is 0 Å². The Hall–Kier alpha value is -2.18. The van der Waals surface area contributed by atoms with E-state index in [-0.39, 0.29) is 54.2 Å². The van der Waals surface area contributed by atoms with Gasteiger partial charge in [-0.2, -0.15) is 0 Å². The number of rotatable bonds is 6. The molecule has 34 heavy (non-hydrogen) atoms. The summed E-state index contributed by atoms with van der Waals surface area (Å²) in [5, 5.41) is 11.0. The van der Waals surface area contributed by atoms with Gasteiger partial charge in [0, 0.05) is 19.3 Å². The number of hydrogen-bond donors (Lipinski definition) is 1. The summed E-state index contributed by atoms with van der Waals surface area (Å²) < 4.78 is 11.3. The minimum absolute atomic E-state index is 0.0178. The Morgan fingerprint density at radius 3 is 2.44 bits per heavy atom. The van der Waals surface area contributed by atoms with Gasteiger partial charge in [-0.1, -0.05) is 32.4 Å². The number of ether oxygens (including phenoxy) is 2. The first-order valence-electron chi connectivity index (χ1n) is 12.7. The molecule has 0 saturated heterocycles. The summed E-state index contributed by atoms with van der Waals surface area (Å²) >= 11 is 0. The van der Waals surface area contributed by atoms with Crippen LogP contribution in [0.25, 0.3) is 0 Å². The molecule has 0 amide bonds. The van der Waals surface area contributed by atoms with Gasteiger partial charge >= 0.3 is 17.9 Å². The molecule has 4 bridgehead atoms. The number of carboxylic acid groups (broad SMARTS) is 1. The molecule has 7 heteroatoms. The van der Waals surface area contributed by atoms with E-state index in [9.17, 15) is 24.3 Å². The molecule has 0 aromatic rings. The van der Waals surface area contributed by atoms with Crippen LogP contribution in [0, 0.1) is 57.7 Å². The first-order chi connectivity index (χ1) is 16.0. The number of hydrogen-bond acceptors (Lipinski definition) is 6. The van der Waals surface area contributed by atoms with E-state index in [0.29, 0.717) is 18.8 Å². The molecule has 0 spiro atoms. The minimum Gasteiger partial charge on any atom is -0.481 e. The van der Waals surface area contributed by atoms with Crippen LogP contribution >= 0.6 is 0 Å². The van der Waals surface area contributed by atoms with E-state index >= 15 is 0 Å². The molecule has 5 unspecified atom stereocenters. The SMILES string of the molecule is CC(=O)OCC12CC3C4C(CC3[C@@]3(C=O)C[C@@H]1C=C(C(C)C)[C@]23C(=O)O)C[C@H](OC(C)=O)[C@H]4C. The van der Waals surface area contributed by atoms with Crippen LogP contribution in [0.2, 0.25) is 0 Å². The summed E-state index contributed by atoms with van der Waals surface area (Å²) in [7, 11) is 0. The number of carboxylic acids is 1. The van der Waals surface area contributed by atoms with E-state index in [1.165, 1.54) is 13.8 Å². The Labute approximate surface area is 200 Å². The molecule has 4 fully saturated rings. The first kappa shape index (κ1) is 23.6. The van der Waals surface area contributed by atoms with Gasteiger partial charge in [-0.3, -0.25) is 14.4 Å². The first-order valence-corrected chi connectivity index (χ1v) is 12.7. The molecule has 10 atom stereocenters. The predicted octanol–water partition coefficient (Wildman–Crippen LogP) is 3.65. The van der Waals surface area contributed by atoms with Crippen LogP contribution in [-0.4, -0.2) is 42.0 Å². The summed E-state index contributed by atoms with van der Waals surface area (Å²) in [6, 6.07) is 0. The van der Waals surface area contributed by atoms with E-state index in [1.807, 2.05) is 13.8 Å². The van der Waals surface area contributed by atoms with Gasteiger partial charge in [-0.05, 0) is 67.1 Å². The zero-order valence-electron chi connectivity index (χ0n) is 20.7. The predicted molar refractivity (Wildman–Crippen MR) is 121 cm³/mol. The lowest BCUT2D eigenvalue weighted by atomic mass is 9.42. The van der Waals surface area contributed by atoms with Crippen LogP contribution in [0.3, 0.4) is 0 Å². The fourth-order valence-electron chi connectivity index (χ4n) is 9.96. The van der Waals surface area contributed by atoms with E-state index in [1.54, 1.807) is 0 Å². The van der Waals surface area contributed by atoms with E-state index in [0.717, 1.165) is 24.7 Å². The average Bonchev–Trinajstić information content (AvgIpc) is 3.40. The molecule has 0 aromatic heterocycles. The number of allylic oxidation sites excluding steroid dienone is 1. The molecule has 0 aromatic carbocycles. The topological polar surface area (TPSA) is 107 Å². The van der Waals surface area contributed by atoms with Crippen LogP contribution in [0.15, 0.2) is 11.6 Å². The maximum Gasteiger partial charge on any atom is 0.315 e. The Bertz CT molecular complexity index is 983. The van der Waals surface area contributed by atoms with Crippen molar-refractivity contribution in [1.82, 2.24) is 0 Å². The summed E-state index contributed by atoms with van der Waals surface area (Å²) in [5.41, 5.74) is -2.37. The molecule has 186 valence electrons. The van der Waals surface area contributed by atoms with Gasteiger partial charge in [0.05, 0.1) is 12.0 Å². The van der Waals surface area contributed by atoms with Gasteiger partial charge in [0.25, 0.3) is 0 Å². The molecule has 5 rings (SSSR count). The Morgan fingerprint density at radius 2 is 1.88 bits per heavy atom. The van der Waals surface area contributed by atoms with Crippen LogP contribution < -0.4 is 0 Å². The standard InChI is InChI=1S/C27H36O7/c1-13(2)20-8-18-9-25(11-28)21-6-17-7-22(34-16(5)30)14(3)23(17)19(21)10-26(18,12-33-15(4)29)27(20,25)24(31)32/h8,11,13-14,17-19,21-23H,6-7,9-10,12H2,1-5H3,(H,31,32)/t14-,17?,18+,19?,21?,22+,23?,25+,26?,27-/m1/s1. The maximum absolute atomic E-state index is 13.4. The second-order valence-corrected chi connectivity index (χ2v) is 12.0. The van der Waals surface area contributed by atoms with Crippen molar-refractivity contribution >= 4 is 24.2 Å². The zero-order valence-corrected chi connectivity index (χ0v) is 20.7. The molecule has 0 radical (unpaired) electrons. The Kier molecular flexibility index (Phi) is 5.13. The van der Waals surface area contributed by atoms with E-state index < -0.39 is 28.2 Å². The van der Waals surface area contributed by atoms with Crippen molar-refractivity contribution in [3.05, 3.63) is 11.6 Å². The quantitative estimate of drug-likeness (QED) is 0.357. The highest BCUT2D eigenvalue weighted by Gasteiger charge is 2.85. The van der Waals surface area contributed by atoms with E-state index in [4.69, 9.17) is 9.47 Å². The number of aldehydes is 1. The number of aliphatic carboxylic acids is 1. The van der Waals surface area contributed by atoms with Crippen molar-refractivity contribution in [2.24, 2.45) is 57.7 Å². The average molecular weight is 473 g/mol. The number of esters is 2. The van der Waals surface area contributed by atoms with Gasteiger partial charge in [-0.15, -0.1) is 0 Å². The summed E-state index contributed by atoms with van der Waals surface area (Å²) in [5.74, 6) is -0.990. The zero-order chi connectivity index (χ0) is 24.8. The van der Waals surface area contributed by atoms with Gasteiger partial charge in [-0.25, -0.2) is 0 Å². The minimum atomic E-state index is -1.35. The second-order valence-electron chi connectivity index (χ2n) is 12.0. The lowest BCUT2D eigenvalue weighted by Crippen LogP contribution is -2.63. The van der Waals surface area contributed by atoms with Crippen LogP contribution in [0.4, 0.5) is 0 Å². The summed E-state index contributed by atoms with van der Waals surface area (Å²) in [6.45, 7) is 8.93. The lowest BCUT2D eigenvalue weighted by Gasteiger charge is -2.58. The maximum atomic E-state index is 13.4. The van der Waals surface area contributed by atoms with Crippen LogP contribution in [0.1, 0.15) is 60.3 Å². The summed E-state index contributed by atoms with van der Waals surface area (Å²) in [6.07, 6.45) is 5.60. The molecule has 5 aliphatic carbocycles. The fraction of sp³-hybridized carbons (Fsp3) is 0.778. The van der Waals surface area contributed by atoms with Crippen LogP contribution in [-0.2, 0) is 28.7 Å². The van der Waals surface area contributed by atoms with E-state index in [2.05, 4.69) is 13.0 Å².